The Kier molecular flexibility index (Phi) is 4.05. The summed E-state index contributed by atoms with van der Waals surface area (Å²) in [4.78, 5) is 3.53. The van der Waals surface area contributed by atoms with Crippen LogP contribution in [-0.2, 0) is 27.9 Å². The first-order chi connectivity index (χ1) is 12.8. The van der Waals surface area contributed by atoms with Gasteiger partial charge in [-0.15, -0.1) is 0 Å². The molecule has 1 spiro atoms. The number of rotatable bonds is 2. The zero-order valence-corrected chi connectivity index (χ0v) is 13.8. The number of aromatic nitrogens is 1. The van der Waals surface area contributed by atoms with Crippen LogP contribution in [-0.4, -0.2) is 18.2 Å². The van der Waals surface area contributed by atoms with Gasteiger partial charge in [-0.1, -0.05) is 0 Å². The van der Waals surface area contributed by atoms with Crippen molar-refractivity contribution >= 4 is 0 Å². The molecule has 0 unspecified atom stereocenters. The second-order valence-corrected chi connectivity index (χ2v) is 6.16. The van der Waals surface area contributed by atoms with Gasteiger partial charge in [0.1, 0.15) is 17.3 Å². The molecular weight excluding hydrogens is 368 g/mol. The Morgan fingerprint density at radius 1 is 1.19 bits per heavy atom. The van der Waals surface area contributed by atoms with Crippen molar-refractivity contribution < 1.29 is 31.8 Å². The number of hydrogen-bond acceptors (Lipinski definition) is 5. The van der Waals surface area contributed by atoms with Crippen molar-refractivity contribution in [1.82, 2.24) is 4.98 Å². The number of fused-ring (bicyclic) bond motifs is 2. The van der Waals surface area contributed by atoms with Crippen LogP contribution in [0.1, 0.15) is 28.8 Å². The van der Waals surface area contributed by atoms with Crippen molar-refractivity contribution in [2.45, 2.75) is 24.8 Å². The quantitative estimate of drug-likeness (QED) is 0.736. The molecule has 0 saturated carbocycles. The van der Waals surface area contributed by atoms with Gasteiger partial charge in [-0.3, -0.25) is 0 Å². The predicted octanol–water partition coefficient (Wildman–Crippen LogP) is 4.05. The van der Waals surface area contributed by atoms with Crippen LogP contribution < -0.4 is 4.74 Å². The lowest BCUT2D eigenvalue weighted by molar-refractivity contribution is -0.177. The molecule has 0 radical (unpaired) electrons. The molecule has 2 aliphatic rings. The number of nitrogens with zero attached hydrogens (tertiary/aromatic N) is 2. The molecule has 0 bridgehead atoms. The average molecular weight is 380 g/mol. The molecule has 1 aliphatic carbocycles. The minimum absolute atomic E-state index is 0.00971. The Hall–Kier alpha value is -2.70. The van der Waals surface area contributed by atoms with Crippen molar-refractivity contribution in [1.29, 1.82) is 5.26 Å². The monoisotopic (exact) mass is 380 g/mol. The Morgan fingerprint density at radius 2 is 1.93 bits per heavy atom. The van der Waals surface area contributed by atoms with Gasteiger partial charge in [-0.05, 0) is 18.6 Å². The van der Waals surface area contributed by atoms with Gasteiger partial charge >= 0.3 is 6.18 Å². The Bertz CT molecular complexity index is 947. The number of nitriles is 1. The minimum atomic E-state index is -4.69. The Balaban J connectivity index is 1.82. The zero-order valence-electron chi connectivity index (χ0n) is 13.8. The van der Waals surface area contributed by atoms with E-state index < -0.39 is 23.5 Å². The number of alkyl halides is 3. The predicted molar refractivity (Wildman–Crippen MR) is 82.3 cm³/mol. The first-order valence-corrected chi connectivity index (χ1v) is 8.08. The molecule has 9 heteroatoms. The van der Waals surface area contributed by atoms with Gasteiger partial charge in [0.2, 0.25) is 0 Å². The zero-order chi connectivity index (χ0) is 19.2. The van der Waals surface area contributed by atoms with E-state index in [9.17, 15) is 17.6 Å². The van der Waals surface area contributed by atoms with Crippen LogP contribution in [0.25, 0.3) is 0 Å². The highest BCUT2D eigenvalue weighted by Gasteiger charge is 2.52. The number of benzene rings is 1. The topological polar surface area (TPSA) is 64.4 Å². The summed E-state index contributed by atoms with van der Waals surface area (Å²) in [6.45, 7) is 0.356. The van der Waals surface area contributed by atoms with E-state index in [1.165, 1.54) is 6.07 Å². The fourth-order valence-electron chi connectivity index (χ4n) is 3.46. The number of ether oxygens (including phenoxy) is 3. The van der Waals surface area contributed by atoms with Crippen LogP contribution in [0.3, 0.4) is 0 Å². The summed E-state index contributed by atoms with van der Waals surface area (Å²) in [6, 6.07) is 5.15. The fourth-order valence-corrected chi connectivity index (χ4v) is 3.46. The van der Waals surface area contributed by atoms with Crippen molar-refractivity contribution in [2.75, 3.05) is 13.2 Å². The van der Waals surface area contributed by atoms with Crippen molar-refractivity contribution in [2.24, 2.45) is 0 Å². The van der Waals surface area contributed by atoms with Gasteiger partial charge in [0, 0.05) is 23.6 Å². The van der Waals surface area contributed by atoms with Crippen molar-refractivity contribution in [3.05, 3.63) is 52.6 Å². The lowest BCUT2D eigenvalue weighted by atomic mass is 10.0. The lowest BCUT2D eigenvalue weighted by Crippen LogP contribution is -2.28. The second-order valence-electron chi connectivity index (χ2n) is 6.16. The molecule has 0 amide bonds. The normalized spacial score (nSPS) is 17.7. The number of pyridine rings is 1. The van der Waals surface area contributed by atoms with Crippen LogP contribution in [0, 0.1) is 17.1 Å². The summed E-state index contributed by atoms with van der Waals surface area (Å²) in [5, 5.41) is 8.93. The molecule has 1 fully saturated rings. The summed E-state index contributed by atoms with van der Waals surface area (Å²) in [7, 11) is 0. The highest BCUT2D eigenvalue weighted by atomic mass is 19.4. The van der Waals surface area contributed by atoms with Gasteiger partial charge in [-0.2, -0.15) is 18.4 Å². The molecule has 4 rings (SSSR count). The van der Waals surface area contributed by atoms with E-state index in [2.05, 4.69) is 4.98 Å². The second kappa shape index (κ2) is 6.18. The molecule has 2 aromatic rings. The molecule has 140 valence electrons. The average Bonchev–Trinajstić information content (AvgIpc) is 3.23. The minimum Gasteiger partial charge on any atom is -0.455 e. The molecule has 1 aromatic heterocycles. The maximum Gasteiger partial charge on any atom is 0.433 e. The highest BCUT2D eigenvalue weighted by molar-refractivity contribution is 5.50. The SMILES string of the molecule is N#Cc1cc(F)cc(Oc2cnc(C(F)(F)F)c3c2CCC32OCCO2)c1. The van der Waals surface area contributed by atoms with E-state index >= 15 is 0 Å². The molecule has 1 aliphatic heterocycles. The van der Waals surface area contributed by atoms with Crippen LogP contribution in [0.4, 0.5) is 17.6 Å². The summed E-state index contributed by atoms with van der Waals surface area (Å²) in [5.41, 5.74) is -0.995. The summed E-state index contributed by atoms with van der Waals surface area (Å²) >= 11 is 0. The maximum atomic E-state index is 13.6. The van der Waals surface area contributed by atoms with Crippen molar-refractivity contribution in [3.63, 3.8) is 0 Å². The summed E-state index contributed by atoms with van der Waals surface area (Å²) in [5.74, 6) is -2.15. The molecule has 0 atom stereocenters. The van der Waals surface area contributed by atoms with E-state index in [0.717, 1.165) is 18.3 Å². The van der Waals surface area contributed by atoms with E-state index in [4.69, 9.17) is 19.5 Å². The van der Waals surface area contributed by atoms with E-state index in [-0.39, 0.29) is 54.2 Å². The molecule has 0 N–H and O–H groups in total. The van der Waals surface area contributed by atoms with E-state index in [0.29, 0.717) is 0 Å². The first-order valence-electron chi connectivity index (χ1n) is 8.08. The van der Waals surface area contributed by atoms with E-state index in [1.54, 1.807) is 6.07 Å². The molecule has 1 aromatic carbocycles. The number of halogens is 4. The third-order valence-corrected chi connectivity index (χ3v) is 4.48. The fraction of sp³-hybridized carbons (Fsp3) is 0.333. The van der Waals surface area contributed by atoms with Crippen molar-refractivity contribution in [3.8, 4) is 17.6 Å². The largest absolute Gasteiger partial charge is 0.455 e. The third kappa shape index (κ3) is 3.01. The Labute approximate surface area is 151 Å². The first kappa shape index (κ1) is 17.7. The molecule has 5 nitrogen and oxygen atoms in total. The Morgan fingerprint density at radius 3 is 2.59 bits per heavy atom. The summed E-state index contributed by atoms with van der Waals surface area (Å²) in [6.07, 6.45) is -3.33. The van der Waals surface area contributed by atoms with Gasteiger partial charge in [0.25, 0.3) is 0 Å². The smallest absolute Gasteiger partial charge is 0.433 e. The standard InChI is InChI=1S/C18H12F4N2O3/c19-11-5-10(8-23)6-12(7-11)27-14-9-24-16(18(20,21)22)15-13(14)1-2-17(15)25-3-4-26-17/h5-7,9H,1-4H2. The third-order valence-electron chi connectivity index (χ3n) is 4.48. The maximum absolute atomic E-state index is 13.6. The number of hydrogen-bond donors (Lipinski definition) is 0. The molecular formula is C18H12F4N2O3. The van der Waals surface area contributed by atoms with Crippen LogP contribution in [0.2, 0.25) is 0 Å². The van der Waals surface area contributed by atoms with Crippen LogP contribution >= 0.6 is 0 Å². The van der Waals surface area contributed by atoms with Gasteiger partial charge in [-0.25, -0.2) is 9.37 Å². The van der Waals surface area contributed by atoms with Crippen LogP contribution in [0.15, 0.2) is 24.4 Å². The lowest BCUT2D eigenvalue weighted by Gasteiger charge is -2.25. The van der Waals surface area contributed by atoms with Gasteiger partial charge < -0.3 is 14.2 Å². The van der Waals surface area contributed by atoms with Gasteiger partial charge in [0.05, 0.1) is 31.0 Å². The van der Waals surface area contributed by atoms with Gasteiger partial charge in [0.15, 0.2) is 11.5 Å². The van der Waals surface area contributed by atoms with Crippen LogP contribution in [0.5, 0.6) is 11.5 Å². The molecule has 27 heavy (non-hydrogen) atoms. The summed E-state index contributed by atoms with van der Waals surface area (Å²) < 4.78 is 70.7. The van der Waals surface area contributed by atoms with E-state index in [1.807, 2.05) is 0 Å². The molecule has 2 heterocycles. The highest BCUT2D eigenvalue weighted by Crippen LogP contribution is 2.51. The molecule has 1 saturated heterocycles.